The van der Waals surface area contributed by atoms with Gasteiger partial charge in [-0.3, -0.25) is 4.79 Å². The molecule has 0 spiro atoms. The number of carbonyl (C=O) groups excluding carboxylic acids is 1. The van der Waals surface area contributed by atoms with Crippen molar-refractivity contribution in [2.45, 2.75) is 32.2 Å². The molecule has 1 fully saturated rings. The van der Waals surface area contributed by atoms with Crippen LogP contribution in [0.5, 0.6) is 0 Å². The van der Waals surface area contributed by atoms with E-state index in [2.05, 4.69) is 5.32 Å². The van der Waals surface area contributed by atoms with Gasteiger partial charge in [-0.1, -0.05) is 17.7 Å². The third-order valence-electron chi connectivity index (χ3n) is 3.49. The molecule has 2 N–H and O–H groups in total. The Balaban J connectivity index is 2.10. The lowest BCUT2D eigenvalue weighted by Gasteiger charge is -2.28. The summed E-state index contributed by atoms with van der Waals surface area (Å²) in [5.74, 6) is 0.318. The minimum Gasteiger partial charge on any atom is -0.394 e. The van der Waals surface area contributed by atoms with E-state index in [4.69, 9.17) is 0 Å². The summed E-state index contributed by atoms with van der Waals surface area (Å²) in [7, 11) is 0. The second kappa shape index (κ2) is 4.49. The summed E-state index contributed by atoms with van der Waals surface area (Å²) in [6.45, 7) is 3.87. The van der Waals surface area contributed by atoms with Gasteiger partial charge in [-0.25, -0.2) is 0 Å². The van der Waals surface area contributed by atoms with Gasteiger partial charge >= 0.3 is 0 Å². The standard InChI is InChI=1S/C14H19NO2/c1-10-4-3-5-11(8-10)13(17)15-14(2,9-16)12-6-7-12/h3-5,8,12,16H,6-7,9H2,1-2H3,(H,15,17). The van der Waals surface area contributed by atoms with E-state index in [1.807, 2.05) is 32.0 Å². The number of rotatable bonds is 4. The fraction of sp³-hybridized carbons (Fsp3) is 0.500. The van der Waals surface area contributed by atoms with E-state index in [1.165, 1.54) is 0 Å². The number of carbonyl (C=O) groups is 1. The van der Waals surface area contributed by atoms with Crippen LogP contribution in [0.25, 0.3) is 0 Å². The molecule has 0 saturated heterocycles. The molecule has 0 bridgehead atoms. The fourth-order valence-electron chi connectivity index (χ4n) is 2.11. The number of aliphatic hydroxyl groups is 1. The van der Waals surface area contributed by atoms with Gasteiger partial charge in [0.1, 0.15) is 0 Å². The molecular formula is C14H19NO2. The van der Waals surface area contributed by atoms with Crippen LogP contribution in [-0.2, 0) is 0 Å². The van der Waals surface area contributed by atoms with Crippen LogP contribution in [0.2, 0.25) is 0 Å². The molecule has 1 amide bonds. The van der Waals surface area contributed by atoms with Crippen molar-refractivity contribution in [2.75, 3.05) is 6.61 Å². The molecule has 0 heterocycles. The summed E-state index contributed by atoms with van der Waals surface area (Å²) in [6, 6.07) is 7.49. The van der Waals surface area contributed by atoms with Gasteiger partial charge in [0, 0.05) is 5.56 Å². The quantitative estimate of drug-likeness (QED) is 0.834. The molecule has 1 saturated carbocycles. The predicted octanol–water partition coefficient (Wildman–Crippen LogP) is 1.89. The van der Waals surface area contributed by atoms with E-state index in [9.17, 15) is 9.90 Å². The molecule has 17 heavy (non-hydrogen) atoms. The molecular weight excluding hydrogens is 214 g/mol. The lowest BCUT2D eigenvalue weighted by atomic mass is 9.96. The third-order valence-corrected chi connectivity index (χ3v) is 3.49. The number of benzene rings is 1. The van der Waals surface area contributed by atoms with E-state index < -0.39 is 5.54 Å². The third kappa shape index (κ3) is 2.67. The van der Waals surface area contributed by atoms with Crippen LogP contribution < -0.4 is 5.32 Å². The Morgan fingerprint density at radius 1 is 1.53 bits per heavy atom. The Morgan fingerprint density at radius 2 is 2.24 bits per heavy atom. The van der Waals surface area contributed by atoms with Crippen molar-refractivity contribution < 1.29 is 9.90 Å². The van der Waals surface area contributed by atoms with Gasteiger partial charge in [-0.05, 0) is 44.7 Å². The minimum atomic E-state index is -0.471. The zero-order valence-corrected chi connectivity index (χ0v) is 10.4. The van der Waals surface area contributed by atoms with E-state index >= 15 is 0 Å². The van der Waals surface area contributed by atoms with E-state index in [0.717, 1.165) is 18.4 Å². The normalized spacial score (nSPS) is 18.5. The Labute approximate surface area is 102 Å². The van der Waals surface area contributed by atoms with Crippen molar-refractivity contribution in [1.82, 2.24) is 5.32 Å². The van der Waals surface area contributed by atoms with Crippen LogP contribution in [0.1, 0.15) is 35.7 Å². The van der Waals surface area contributed by atoms with Crippen molar-refractivity contribution in [3.63, 3.8) is 0 Å². The van der Waals surface area contributed by atoms with Crippen LogP contribution >= 0.6 is 0 Å². The summed E-state index contributed by atoms with van der Waals surface area (Å²) in [6.07, 6.45) is 2.18. The van der Waals surface area contributed by atoms with Crippen molar-refractivity contribution >= 4 is 5.91 Å². The van der Waals surface area contributed by atoms with Gasteiger partial charge in [0.25, 0.3) is 5.91 Å². The van der Waals surface area contributed by atoms with Gasteiger partial charge in [0.2, 0.25) is 0 Å². The Kier molecular flexibility index (Phi) is 3.20. The summed E-state index contributed by atoms with van der Waals surface area (Å²) in [4.78, 5) is 12.1. The highest BCUT2D eigenvalue weighted by Gasteiger charge is 2.42. The summed E-state index contributed by atoms with van der Waals surface area (Å²) < 4.78 is 0. The van der Waals surface area contributed by atoms with Crippen molar-refractivity contribution in [2.24, 2.45) is 5.92 Å². The zero-order chi connectivity index (χ0) is 12.5. The molecule has 1 aliphatic carbocycles. The smallest absolute Gasteiger partial charge is 0.251 e. The summed E-state index contributed by atoms with van der Waals surface area (Å²) in [5.41, 5.74) is 1.25. The molecule has 2 rings (SSSR count). The molecule has 0 aliphatic heterocycles. The maximum Gasteiger partial charge on any atom is 0.251 e. The second-order valence-corrected chi connectivity index (χ2v) is 5.17. The predicted molar refractivity (Wildman–Crippen MR) is 66.9 cm³/mol. The molecule has 1 aromatic carbocycles. The lowest BCUT2D eigenvalue weighted by Crippen LogP contribution is -2.50. The van der Waals surface area contributed by atoms with Crippen molar-refractivity contribution in [1.29, 1.82) is 0 Å². The van der Waals surface area contributed by atoms with E-state index in [-0.39, 0.29) is 12.5 Å². The Bertz CT molecular complexity index is 426. The zero-order valence-electron chi connectivity index (χ0n) is 10.4. The topological polar surface area (TPSA) is 49.3 Å². The summed E-state index contributed by atoms with van der Waals surface area (Å²) >= 11 is 0. The lowest BCUT2D eigenvalue weighted by molar-refractivity contribution is 0.0824. The monoisotopic (exact) mass is 233 g/mol. The van der Waals surface area contributed by atoms with Crippen LogP contribution in [0, 0.1) is 12.8 Å². The molecule has 1 aromatic rings. The van der Waals surface area contributed by atoms with Crippen LogP contribution in [-0.4, -0.2) is 23.2 Å². The fourth-order valence-corrected chi connectivity index (χ4v) is 2.11. The highest BCUT2D eigenvalue weighted by molar-refractivity contribution is 5.94. The molecule has 3 heteroatoms. The first-order valence-corrected chi connectivity index (χ1v) is 6.05. The van der Waals surface area contributed by atoms with Crippen molar-refractivity contribution in [3.8, 4) is 0 Å². The largest absolute Gasteiger partial charge is 0.394 e. The van der Waals surface area contributed by atoms with E-state index in [0.29, 0.717) is 11.5 Å². The number of hydrogen-bond donors (Lipinski definition) is 2. The van der Waals surface area contributed by atoms with Crippen LogP contribution in [0.15, 0.2) is 24.3 Å². The number of aliphatic hydroxyl groups excluding tert-OH is 1. The van der Waals surface area contributed by atoms with Gasteiger partial charge in [-0.2, -0.15) is 0 Å². The number of hydrogen-bond acceptors (Lipinski definition) is 2. The maximum atomic E-state index is 12.1. The second-order valence-electron chi connectivity index (χ2n) is 5.17. The summed E-state index contributed by atoms with van der Waals surface area (Å²) in [5, 5.41) is 12.4. The highest BCUT2D eigenvalue weighted by atomic mass is 16.3. The average molecular weight is 233 g/mol. The van der Waals surface area contributed by atoms with Gasteiger partial charge in [-0.15, -0.1) is 0 Å². The molecule has 1 unspecified atom stereocenters. The van der Waals surface area contributed by atoms with Crippen LogP contribution in [0.4, 0.5) is 0 Å². The average Bonchev–Trinajstić information content (AvgIpc) is 3.13. The Morgan fingerprint density at radius 3 is 2.76 bits per heavy atom. The molecule has 0 radical (unpaired) electrons. The maximum absolute atomic E-state index is 12.1. The first-order valence-electron chi connectivity index (χ1n) is 6.05. The van der Waals surface area contributed by atoms with Gasteiger partial charge in [0.05, 0.1) is 12.1 Å². The first-order chi connectivity index (χ1) is 8.05. The van der Waals surface area contributed by atoms with Gasteiger partial charge in [0.15, 0.2) is 0 Å². The van der Waals surface area contributed by atoms with Crippen LogP contribution in [0.3, 0.4) is 0 Å². The molecule has 3 nitrogen and oxygen atoms in total. The SMILES string of the molecule is Cc1cccc(C(=O)NC(C)(CO)C2CC2)c1. The number of aryl methyl sites for hydroxylation is 1. The Hall–Kier alpha value is -1.35. The number of amides is 1. The molecule has 0 aromatic heterocycles. The molecule has 1 atom stereocenters. The van der Waals surface area contributed by atoms with E-state index in [1.54, 1.807) is 6.07 Å². The molecule has 1 aliphatic rings. The van der Waals surface area contributed by atoms with Gasteiger partial charge < -0.3 is 10.4 Å². The molecule has 92 valence electrons. The minimum absolute atomic E-state index is 0.00474. The number of nitrogens with one attached hydrogen (secondary N) is 1. The highest BCUT2D eigenvalue weighted by Crippen LogP contribution is 2.39. The first kappa shape index (κ1) is 12.1. The van der Waals surface area contributed by atoms with Crippen molar-refractivity contribution in [3.05, 3.63) is 35.4 Å².